The summed E-state index contributed by atoms with van der Waals surface area (Å²) in [6.45, 7) is 1.72. The van der Waals surface area contributed by atoms with Crippen LogP contribution in [0.25, 0.3) is 0 Å². The first-order valence-corrected chi connectivity index (χ1v) is 6.79. The van der Waals surface area contributed by atoms with Crippen molar-refractivity contribution in [1.82, 2.24) is 5.32 Å². The van der Waals surface area contributed by atoms with Crippen molar-refractivity contribution in [2.24, 2.45) is 9.98 Å². The molecule has 1 aromatic rings. The van der Waals surface area contributed by atoms with E-state index in [-0.39, 0.29) is 0 Å². The molecule has 0 radical (unpaired) electrons. The highest BCUT2D eigenvalue weighted by Crippen LogP contribution is 2.22. The molecular formula is C13H15Cl2N3. The minimum atomic E-state index is 0.595. The van der Waals surface area contributed by atoms with Crippen LogP contribution in [0, 0.1) is 0 Å². The van der Waals surface area contributed by atoms with Crippen LogP contribution in [0.4, 0.5) is 0 Å². The average molecular weight is 284 g/mol. The average Bonchev–Trinajstić information content (AvgIpc) is 2.30. The first-order chi connectivity index (χ1) is 8.77. The highest BCUT2D eigenvalue weighted by Gasteiger charge is 2.04. The molecule has 0 unspecified atom stereocenters. The number of hydrogen-bond acceptors (Lipinski definition) is 3. The first-order valence-electron chi connectivity index (χ1n) is 6.04. The summed E-state index contributed by atoms with van der Waals surface area (Å²) in [6.07, 6.45) is 5.15. The summed E-state index contributed by atoms with van der Waals surface area (Å²) in [6, 6.07) is 5.40. The summed E-state index contributed by atoms with van der Waals surface area (Å²) in [5.74, 6) is 0.658. The molecule has 0 aromatic heterocycles. The normalized spacial score (nSPS) is 16.9. The predicted octanol–water partition coefficient (Wildman–Crippen LogP) is 3.54. The SMILES string of the molecule is Clc1cccc(Cl)c1/C=N/C1=NCCCCCN1. The summed E-state index contributed by atoms with van der Waals surface area (Å²) in [7, 11) is 0. The number of rotatable bonds is 1. The standard InChI is InChI=1S/C13H15Cl2N3/c14-11-5-4-6-12(15)10(11)9-18-13-16-7-2-1-3-8-17-13/h4-6,9H,1-3,7-8H2,(H,16,17)/b18-9+. The Morgan fingerprint density at radius 3 is 2.72 bits per heavy atom. The third kappa shape index (κ3) is 3.72. The summed E-state index contributed by atoms with van der Waals surface area (Å²) in [4.78, 5) is 8.70. The minimum Gasteiger partial charge on any atom is -0.355 e. The molecule has 0 amide bonds. The van der Waals surface area contributed by atoms with Gasteiger partial charge in [-0.2, -0.15) is 0 Å². The van der Waals surface area contributed by atoms with E-state index in [4.69, 9.17) is 23.2 Å². The second-order valence-electron chi connectivity index (χ2n) is 4.09. The molecule has 0 saturated heterocycles. The Balaban J connectivity index is 2.14. The van der Waals surface area contributed by atoms with Gasteiger partial charge in [-0.15, -0.1) is 0 Å². The van der Waals surface area contributed by atoms with E-state index in [1.54, 1.807) is 18.3 Å². The quantitative estimate of drug-likeness (QED) is 0.787. The Morgan fingerprint density at radius 1 is 1.17 bits per heavy atom. The Kier molecular flexibility index (Phi) is 5.02. The molecule has 1 aliphatic heterocycles. The smallest absolute Gasteiger partial charge is 0.217 e. The van der Waals surface area contributed by atoms with Crippen LogP contribution in [0.1, 0.15) is 24.8 Å². The number of guanidine groups is 1. The Hall–Kier alpha value is -1.06. The number of benzene rings is 1. The van der Waals surface area contributed by atoms with Crippen LogP contribution in [-0.2, 0) is 0 Å². The van der Waals surface area contributed by atoms with Gasteiger partial charge in [0.2, 0.25) is 5.96 Å². The molecule has 5 heteroatoms. The van der Waals surface area contributed by atoms with Gasteiger partial charge in [0.25, 0.3) is 0 Å². The molecule has 1 heterocycles. The molecule has 0 spiro atoms. The van der Waals surface area contributed by atoms with Crippen LogP contribution in [0.5, 0.6) is 0 Å². The molecule has 1 aliphatic rings. The summed E-state index contributed by atoms with van der Waals surface area (Å²) < 4.78 is 0. The largest absolute Gasteiger partial charge is 0.355 e. The lowest BCUT2D eigenvalue weighted by Gasteiger charge is -2.09. The molecule has 0 aliphatic carbocycles. The van der Waals surface area contributed by atoms with Gasteiger partial charge in [-0.1, -0.05) is 29.3 Å². The van der Waals surface area contributed by atoms with Gasteiger partial charge in [0, 0.05) is 24.9 Å². The third-order valence-electron chi connectivity index (χ3n) is 2.70. The summed E-state index contributed by atoms with van der Waals surface area (Å²) in [5, 5.41) is 4.39. The zero-order valence-electron chi connectivity index (χ0n) is 10.00. The number of hydrogen-bond donors (Lipinski definition) is 1. The molecule has 96 valence electrons. The van der Waals surface area contributed by atoms with Gasteiger partial charge in [-0.05, 0) is 31.4 Å². The molecule has 0 atom stereocenters. The van der Waals surface area contributed by atoms with Crippen molar-refractivity contribution in [3.63, 3.8) is 0 Å². The van der Waals surface area contributed by atoms with E-state index in [0.29, 0.717) is 16.0 Å². The monoisotopic (exact) mass is 283 g/mol. The number of nitrogens with one attached hydrogen (secondary N) is 1. The van der Waals surface area contributed by atoms with Gasteiger partial charge in [0.05, 0.1) is 10.0 Å². The number of halogens is 2. The lowest BCUT2D eigenvalue weighted by atomic mass is 10.2. The van der Waals surface area contributed by atoms with Gasteiger partial charge in [0.15, 0.2) is 0 Å². The van der Waals surface area contributed by atoms with E-state index in [1.165, 1.54) is 6.42 Å². The maximum absolute atomic E-state index is 6.07. The van der Waals surface area contributed by atoms with Crippen LogP contribution >= 0.6 is 23.2 Å². The maximum atomic E-state index is 6.07. The molecule has 2 rings (SSSR count). The maximum Gasteiger partial charge on any atom is 0.217 e. The number of nitrogens with zero attached hydrogens (tertiary/aromatic N) is 2. The van der Waals surface area contributed by atoms with E-state index in [2.05, 4.69) is 15.3 Å². The van der Waals surface area contributed by atoms with Crippen molar-refractivity contribution in [3.05, 3.63) is 33.8 Å². The van der Waals surface area contributed by atoms with Gasteiger partial charge in [-0.3, -0.25) is 4.99 Å². The zero-order chi connectivity index (χ0) is 12.8. The van der Waals surface area contributed by atoms with E-state index in [0.717, 1.165) is 31.5 Å². The van der Waals surface area contributed by atoms with Crippen LogP contribution < -0.4 is 5.32 Å². The second kappa shape index (κ2) is 6.76. The fourth-order valence-electron chi connectivity index (χ4n) is 1.70. The molecule has 1 N–H and O–H groups in total. The second-order valence-corrected chi connectivity index (χ2v) is 4.90. The highest BCUT2D eigenvalue weighted by atomic mass is 35.5. The Bertz CT molecular complexity index is 449. The van der Waals surface area contributed by atoms with E-state index in [1.807, 2.05) is 6.07 Å². The molecule has 0 bridgehead atoms. The van der Waals surface area contributed by atoms with Crippen LogP contribution in [0.15, 0.2) is 28.2 Å². The van der Waals surface area contributed by atoms with E-state index in [9.17, 15) is 0 Å². The summed E-state index contributed by atoms with van der Waals surface area (Å²) in [5.41, 5.74) is 0.729. The number of aliphatic imine (C=N–C) groups is 2. The lowest BCUT2D eigenvalue weighted by Crippen LogP contribution is -2.24. The van der Waals surface area contributed by atoms with Gasteiger partial charge >= 0.3 is 0 Å². The van der Waals surface area contributed by atoms with Crippen molar-refractivity contribution < 1.29 is 0 Å². The Morgan fingerprint density at radius 2 is 1.94 bits per heavy atom. The van der Waals surface area contributed by atoms with Crippen LogP contribution in [0.3, 0.4) is 0 Å². The van der Waals surface area contributed by atoms with Gasteiger partial charge in [-0.25, -0.2) is 4.99 Å². The Labute approximate surface area is 117 Å². The lowest BCUT2D eigenvalue weighted by molar-refractivity contribution is 0.650. The van der Waals surface area contributed by atoms with Gasteiger partial charge < -0.3 is 5.32 Å². The topological polar surface area (TPSA) is 36.8 Å². The molecule has 1 aromatic carbocycles. The fourth-order valence-corrected chi connectivity index (χ4v) is 2.20. The minimum absolute atomic E-state index is 0.595. The molecule has 18 heavy (non-hydrogen) atoms. The van der Waals surface area contributed by atoms with Crippen LogP contribution in [-0.4, -0.2) is 25.3 Å². The highest BCUT2D eigenvalue weighted by molar-refractivity contribution is 6.38. The molecule has 3 nitrogen and oxygen atoms in total. The predicted molar refractivity (Wildman–Crippen MR) is 78.2 cm³/mol. The van der Waals surface area contributed by atoms with Crippen molar-refractivity contribution in [3.8, 4) is 0 Å². The van der Waals surface area contributed by atoms with Crippen molar-refractivity contribution in [2.45, 2.75) is 19.3 Å². The van der Waals surface area contributed by atoms with E-state index < -0.39 is 0 Å². The molecule has 0 saturated carbocycles. The van der Waals surface area contributed by atoms with Gasteiger partial charge in [0.1, 0.15) is 0 Å². The van der Waals surface area contributed by atoms with Crippen molar-refractivity contribution >= 4 is 35.4 Å². The first kappa shape index (κ1) is 13.4. The van der Waals surface area contributed by atoms with Crippen molar-refractivity contribution in [2.75, 3.05) is 13.1 Å². The zero-order valence-corrected chi connectivity index (χ0v) is 11.5. The fraction of sp³-hybridized carbons (Fsp3) is 0.385. The molecule has 0 fully saturated rings. The van der Waals surface area contributed by atoms with Crippen LogP contribution in [0.2, 0.25) is 10.0 Å². The summed E-state index contributed by atoms with van der Waals surface area (Å²) >= 11 is 12.1. The van der Waals surface area contributed by atoms with E-state index >= 15 is 0 Å². The van der Waals surface area contributed by atoms with Crippen molar-refractivity contribution in [1.29, 1.82) is 0 Å². The third-order valence-corrected chi connectivity index (χ3v) is 3.35. The molecular weight excluding hydrogens is 269 g/mol.